The molecule has 0 bridgehead atoms. The third kappa shape index (κ3) is 2.66. The van der Waals surface area contributed by atoms with Crippen LogP contribution in [0, 0.1) is 22.0 Å². The van der Waals surface area contributed by atoms with E-state index in [-0.39, 0.29) is 5.69 Å². The largest absolute Gasteiger partial charge is 0.286 e. The first kappa shape index (κ1) is 10.9. The van der Waals surface area contributed by atoms with E-state index in [1.165, 1.54) is 12.1 Å². The molecule has 0 aliphatic rings. The van der Waals surface area contributed by atoms with Crippen LogP contribution in [-0.2, 0) is 0 Å². The molecule has 1 aromatic carbocycles. The van der Waals surface area contributed by atoms with Gasteiger partial charge < -0.3 is 0 Å². The molecular weight excluding hydrogens is 222 g/mol. The Hall–Kier alpha value is -1.18. The highest BCUT2D eigenvalue weighted by atomic mass is 35.5. The van der Waals surface area contributed by atoms with Crippen LogP contribution in [0.5, 0.6) is 0 Å². The lowest BCUT2D eigenvalue weighted by atomic mass is 10.2. The van der Waals surface area contributed by atoms with Gasteiger partial charge >= 0.3 is 0 Å². The van der Waals surface area contributed by atoms with E-state index in [0.717, 1.165) is 0 Å². The lowest BCUT2D eigenvalue weighted by Gasteiger charge is -1.95. The summed E-state index contributed by atoms with van der Waals surface area (Å²) in [5, 5.41) is 10.9. The van der Waals surface area contributed by atoms with Gasteiger partial charge in [0.1, 0.15) is 5.56 Å². The Labute approximate surface area is 91.6 Å². The maximum absolute atomic E-state index is 10.6. The van der Waals surface area contributed by atoms with Crippen LogP contribution in [0.15, 0.2) is 18.2 Å². The molecule has 5 heteroatoms. The van der Waals surface area contributed by atoms with Crippen LogP contribution in [-0.4, -0.2) is 10.7 Å². The number of nitro groups is 1. The zero-order chi connectivity index (χ0) is 10.6. The number of rotatable bonds is 1. The van der Waals surface area contributed by atoms with E-state index in [2.05, 4.69) is 24.5 Å². The first-order valence-electron chi connectivity index (χ1n) is 3.69. The summed E-state index contributed by atoms with van der Waals surface area (Å²) in [5.74, 6) is 5.65. The van der Waals surface area contributed by atoms with Crippen LogP contribution in [0.4, 0.5) is 5.69 Å². The molecule has 1 aromatic rings. The molecule has 14 heavy (non-hydrogen) atoms. The first-order valence-corrected chi connectivity index (χ1v) is 4.70. The molecule has 3 nitrogen and oxygen atoms in total. The van der Waals surface area contributed by atoms with Gasteiger partial charge in [-0.05, 0) is 12.1 Å². The predicted octanol–water partition coefficient (Wildman–Crippen LogP) is 2.53. The van der Waals surface area contributed by atoms with Crippen LogP contribution in [0.1, 0.15) is 5.56 Å². The molecule has 0 N–H and O–H groups in total. The molecule has 0 saturated heterocycles. The number of thiol groups is 1. The van der Waals surface area contributed by atoms with E-state index >= 15 is 0 Å². The van der Waals surface area contributed by atoms with Crippen molar-refractivity contribution in [2.75, 3.05) is 5.75 Å². The van der Waals surface area contributed by atoms with Crippen molar-refractivity contribution in [3.63, 3.8) is 0 Å². The number of benzene rings is 1. The second-order valence-electron chi connectivity index (χ2n) is 2.38. The number of nitrogens with zero attached hydrogens (tertiary/aromatic N) is 1. The second-order valence-corrected chi connectivity index (χ2v) is 3.13. The highest BCUT2D eigenvalue weighted by molar-refractivity contribution is 7.80. The molecule has 0 fully saturated rings. The maximum atomic E-state index is 10.6. The average Bonchev–Trinajstić information content (AvgIpc) is 2.15. The number of nitro benzene ring substituents is 1. The summed E-state index contributed by atoms with van der Waals surface area (Å²) in [6, 6.07) is 4.37. The van der Waals surface area contributed by atoms with Crippen molar-refractivity contribution in [1.82, 2.24) is 0 Å². The van der Waals surface area contributed by atoms with E-state index in [9.17, 15) is 10.1 Å². The Bertz CT molecular complexity index is 423. The summed E-state index contributed by atoms with van der Waals surface area (Å²) in [5.41, 5.74) is 0.278. The van der Waals surface area contributed by atoms with Crippen molar-refractivity contribution in [3.8, 4) is 11.8 Å². The zero-order valence-corrected chi connectivity index (χ0v) is 8.68. The normalized spacial score (nSPS) is 9.00. The Morgan fingerprint density at radius 1 is 1.57 bits per heavy atom. The Balaban J connectivity index is 3.22. The molecule has 0 unspecified atom stereocenters. The van der Waals surface area contributed by atoms with Gasteiger partial charge in [-0.15, -0.1) is 0 Å². The van der Waals surface area contributed by atoms with Gasteiger partial charge in [-0.25, -0.2) is 0 Å². The summed E-state index contributed by atoms with van der Waals surface area (Å²) in [6.45, 7) is 0. The molecule has 0 spiro atoms. The highest BCUT2D eigenvalue weighted by Gasteiger charge is 2.11. The fourth-order valence-corrected chi connectivity index (χ4v) is 1.14. The third-order valence-corrected chi connectivity index (χ3v) is 1.85. The molecule has 0 aromatic heterocycles. The lowest BCUT2D eigenvalue weighted by Crippen LogP contribution is -1.91. The molecule has 1 rings (SSSR count). The van der Waals surface area contributed by atoms with E-state index < -0.39 is 4.92 Å². The quantitative estimate of drug-likeness (QED) is 0.347. The average molecular weight is 228 g/mol. The van der Waals surface area contributed by atoms with Gasteiger partial charge in [-0.1, -0.05) is 23.4 Å². The first-order chi connectivity index (χ1) is 6.65. The molecular formula is C9H6ClNO2S. The van der Waals surface area contributed by atoms with E-state index in [1.807, 2.05) is 0 Å². The van der Waals surface area contributed by atoms with E-state index in [4.69, 9.17) is 11.6 Å². The van der Waals surface area contributed by atoms with Crippen molar-refractivity contribution in [1.29, 1.82) is 0 Å². The second kappa shape index (κ2) is 4.89. The van der Waals surface area contributed by atoms with Gasteiger partial charge in [0.25, 0.3) is 5.69 Å². The Kier molecular flexibility index (Phi) is 3.81. The third-order valence-electron chi connectivity index (χ3n) is 1.46. The minimum absolute atomic E-state index is 0.0771. The molecule has 0 amide bonds. The lowest BCUT2D eigenvalue weighted by molar-refractivity contribution is -0.385. The van der Waals surface area contributed by atoms with Crippen LogP contribution in [0.3, 0.4) is 0 Å². The van der Waals surface area contributed by atoms with Crippen molar-refractivity contribution in [2.45, 2.75) is 0 Å². The van der Waals surface area contributed by atoms with E-state index in [0.29, 0.717) is 16.3 Å². The van der Waals surface area contributed by atoms with Crippen LogP contribution in [0.25, 0.3) is 0 Å². The van der Waals surface area contributed by atoms with Crippen molar-refractivity contribution in [3.05, 3.63) is 38.9 Å². The molecule has 0 atom stereocenters. The predicted molar refractivity (Wildman–Crippen MR) is 58.8 cm³/mol. The number of halogens is 1. The number of hydrogen-bond donors (Lipinski definition) is 1. The summed E-state index contributed by atoms with van der Waals surface area (Å²) >= 11 is 9.51. The topological polar surface area (TPSA) is 43.1 Å². The maximum Gasteiger partial charge on any atom is 0.286 e. The summed E-state index contributed by atoms with van der Waals surface area (Å²) in [6.07, 6.45) is 0. The summed E-state index contributed by atoms with van der Waals surface area (Å²) in [4.78, 5) is 10.1. The fraction of sp³-hybridized carbons (Fsp3) is 0.111. The highest BCUT2D eigenvalue weighted by Crippen LogP contribution is 2.22. The van der Waals surface area contributed by atoms with Gasteiger partial charge in [-0.2, -0.15) is 12.6 Å². The van der Waals surface area contributed by atoms with Gasteiger partial charge in [-0.3, -0.25) is 10.1 Å². The van der Waals surface area contributed by atoms with Crippen LogP contribution < -0.4 is 0 Å². The van der Waals surface area contributed by atoms with Gasteiger partial charge in [0.15, 0.2) is 0 Å². The molecule has 0 saturated carbocycles. The SMILES string of the molecule is O=[N+]([O-])c1cc(Cl)ccc1C#CCS. The minimum Gasteiger partial charge on any atom is -0.258 e. The number of hydrogen-bond acceptors (Lipinski definition) is 3. The van der Waals surface area contributed by atoms with Gasteiger partial charge in [0.05, 0.1) is 10.7 Å². The molecule has 72 valence electrons. The standard InChI is InChI=1S/C9H6ClNO2S/c10-8-4-3-7(2-1-5-14)9(6-8)11(12)13/h3-4,6,14H,5H2. The van der Waals surface area contributed by atoms with E-state index in [1.54, 1.807) is 6.07 Å². The fourth-order valence-electron chi connectivity index (χ4n) is 0.896. The van der Waals surface area contributed by atoms with Crippen molar-refractivity contribution >= 4 is 29.9 Å². The summed E-state index contributed by atoms with van der Waals surface area (Å²) in [7, 11) is 0. The summed E-state index contributed by atoms with van der Waals surface area (Å²) < 4.78 is 0. The van der Waals surface area contributed by atoms with Gasteiger partial charge in [0, 0.05) is 11.1 Å². The Morgan fingerprint density at radius 2 is 2.29 bits per heavy atom. The monoisotopic (exact) mass is 227 g/mol. The zero-order valence-electron chi connectivity index (χ0n) is 7.03. The Morgan fingerprint density at radius 3 is 2.86 bits per heavy atom. The molecule has 0 aliphatic heterocycles. The van der Waals surface area contributed by atoms with Crippen molar-refractivity contribution < 1.29 is 4.92 Å². The van der Waals surface area contributed by atoms with Crippen LogP contribution >= 0.6 is 24.2 Å². The molecule has 0 radical (unpaired) electrons. The minimum atomic E-state index is -0.506. The smallest absolute Gasteiger partial charge is 0.258 e. The molecule has 0 heterocycles. The van der Waals surface area contributed by atoms with Crippen molar-refractivity contribution in [2.24, 2.45) is 0 Å². The molecule has 0 aliphatic carbocycles. The van der Waals surface area contributed by atoms with Crippen LogP contribution in [0.2, 0.25) is 5.02 Å². The van der Waals surface area contributed by atoms with Gasteiger partial charge in [0.2, 0.25) is 0 Å².